The Hall–Kier alpha value is -2.85. The minimum Gasteiger partial charge on any atom is -0.288 e. The summed E-state index contributed by atoms with van der Waals surface area (Å²) in [5, 5.41) is 6.46. The topological polar surface area (TPSA) is 63.6 Å². The molecule has 0 aliphatic heterocycles. The number of carbonyl (C=O) groups is 2. The first-order valence-corrected chi connectivity index (χ1v) is 7.73. The monoisotopic (exact) mass is 335 g/mol. The molecule has 0 radical (unpaired) electrons. The molecule has 0 fully saturated rings. The zero-order chi connectivity index (χ0) is 16.8. The van der Waals surface area contributed by atoms with Crippen LogP contribution in [0.25, 0.3) is 21.5 Å². The third-order valence-corrected chi connectivity index (χ3v) is 4.63. The highest BCUT2D eigenvalue weighted by Gasteiger charge is 2.31. The molecular formula is C19H10ClNO3. The Morgan fingerprint density at radius 1 is 0.958 bits per heavy atom. The molecule has 0 atom stereocenters. The van der Waals surface area contributed by atoms with Crippen molar-refractivity contribution in [1.82, 2.24) is 0 Å². The molecule has 0 saturated heterocycles. The quantitative estimate of drug-likeness (QED) is 0.373. The lowest BCUT2D eigenvalue weighted by Gasteiger charge is -2.17. The molecule has 0 aromatic heterocycles. The number of ketones is 1. The van der Waals surface area contributed by atoms with Crippen molar-refractivity contribution < 1.29 is 9.59 Å². The molecule has 0 heterocycles. The Kier molecular flexibility index (Phi) is 3.28. The van der Waals surface area contributed by atoms with Crippen molar-refractivity contribution in [3.05, 3.63) is 75.2 Å². The fourth-order valence-corrected chi connectivity index (χ4v) is 3.48. The van der Waals surface area contributed by atoms with Crippen LogP contribution in [0.2, 0.25) is 0 Å². The summed E-state index contributed by atoms with van der Waals surface area (Å²) in [7, 11) is 0. The van der Waals surface area contributed by atoms with Crippen molar-refractivity contribution in [3.8, 4) is 0 Å². The molecule has 0 saturated carbocycles. The van der Waals surface area contributed by atoms with Crippen LogP contribution in [0.5, 0.6) is 0 Å². The molecule has 0 unspecified atom stereocenters. The fraction of sp³-hybridized carbons (Fsp3) is 0.0526. The van der Waals surface area contributed by atoms with E-state index < -0.39 is 11.7 Å². The molecule has 5 heteroatoms. The van der Waals surface area contributed by atoms with Crippen LogP contribution in [-0.4, -0.2) is 11.7 Å². The van der Waals surface area contributed by atoms with Gasteiger partial charge in [0, 0.05) is 22.2 Å². The molecule has 4 rings (SSSR count). The first-order chi connectivity index (χ1) is 11.6. The number of amides is 1. The Labute approximate surface area is 141 Å². The van der Waals surface area contributed by atoms with Gasteiger partial charge in [-0.3, -0.25) is 9.59 Å². The van der Waals surface area contributed by atoms with Gasteiger partial charge in [-0.25, -0.2) is 0 Å². The predicted molar refractivity (Wildman–Crippen MR) is 93.2 cm³/mol. The van der Waals surface area contributed by atoms with Gasteiger partial charge in [0.05, 0.1) is 0 Å². The maximum Gasteiger partial charge on any atom is 0.321 e. The number of nitrogens with zero attached hydrogens (tertiary/aromatic N) is 1. The van der Waals surface area contributed by atoms with E-state index in [0.29, 0.717) is 5.56 Å². The summed E-state index contributed by atoms with van der Waals surface area (Å²) in [5.41, 5.74) is 0.823. The minimum absolute atomic E-state index is 0.0669. The maximum atomic E-state index is 12.6. The molecule has 0 bridgehead atoms. The van der Waals surface area contributed by atoms with E-state index in [1.54, 1.807) is 6.07 Å². The number of hydrogen-bond donors (Lipinski definition) is 0. The van der Waals surface area contributed by atoms with Gasteiger partial charge in [-0.1, -0.05) is 41.9 Å². The second-order valence-electron chi connectivity index (χ2n) is 5.74. The van der Waals surface area contributed by atoms with E-state index in [9.17, 15) is 14.5 Å². The Bertz CT molecular complexity index is 1100. The molecule has 4 nitrogen and oxygen atoms in total. The molecule has 0 N–H and O–H groups in total. The third kappa shape index (κ3) is 2.15. The minimum atomic E-state index is -1.12. The van der Waals surface area contributed by atoms with E-state index in [1.807, 2.05) is 36.4 Å². The fourth-order valence-electron chi connectivity index (χ4n) is 3.17. The number of benzene rings is 3. The van der Waals surface area contributed by atoms with Crippen molar-refractivity contribution in [2.24, 2.45) is 5.18 Å². The SMILES string of the molecule is O=NC(=O)C1=C(Cl)Cc2cc3cc4ccccc4cc3cc2C1=O. The number of rotatable bonds is 1. The Morgan fingerprint density at radius 2 is 1.58 bits per heavy atom. The zero-order valence-corrected chi connectivity index (χ0v) is 13.1. The molecule has 3 aromatic rings. The van der Waals surface area contributed by atoms with Crippen LogP contribution in [0.15, 0.2) is 64.3 Å². The van der Waals surface area contributed by atoms with Gasteiger partial charge in [-0.15, -0.1) is 4.91 Å². The highest BCUT2D eigenvalue weighted by Crippen LogP contribution is 2.33. The van der Waals surface area contributed by atoms with Crippen molar-refractivity contribution in [2.45, 2.75) is 6.42 Å². The first kappa shape index (κ1) is 14.7. The summed E-state index contributed by atoms with van der Waals surface area (Å²) in [4.78, 5) is 34.7. The van der Waals surface area contributed by atoms with E-state index in [-0.39, 0.29) is 17.0 Å². The van der Waals surface area contributed by atoms with Crippen LogP contribution in [0.1, 0.15) is 15.9 Å². The highest BCUT2D eigenvalue weighted by atomic mass is 35.5. The average molecular weight is 336 g/mol. The summed E-state index contributed by atoms with van der Waals surface area (Å²) in [6.07, 6.45) is 0.238. The van der Waals surface area contributed by atoms with Crippen LogP contribution in [-0.2, 0) is 11.2 Å². The van der Waals surface area contributed by atoms with E-state index in [1.165, 1.54) is 0 Å². The van der Waals surface area contributed by atoms with E-state index in [0.717, 1.165) is 27.1 Å². The van der Waals surface area contributed by atoms with E-state index in [4.69, 9.17) is 11.6 Å². The van der Waals surface area contributed by atoms with Gasteiger partial charge in [0.1, 0.15) is 5.57 Å². The second-order valence-corrected chi connectivity index (χ2v) is 6.19. The lowest BCUT2D eigenvalue weighted by molar-refractivity contribution is -0.114. The van der Waals surface area contributed by atoms with Crippen LogP contribution in [0.4, 0.5) is 0 Å². The molecular weight excluding hydrogens is 326 g/mol. The Balaban J connectivity index is 1.96. The second kappa shape index (κ2) is 5.35. The smallest absolute Gasteiger partial charge is 0.288 e. The van der Waals surface area contributed by atoms with Gasteiger partial charge < -0.3 is 0 Å². The molecule has 116 valence electrons. The summed E-state index contributed by atoms with van der Waals surface area (Å²) >= 11 is 6.06. The summed E-state index contributed by atoms with van der Waals surface area (Å²) in [6.45, 7) is 0. The van der Waals surface area contributed by atoms with Crippen LogP contribution >= 0.6 is 11.6 Å². The van der Waals surface area contributed by atoms with Gasteiger partial charge in [0.2, 0.25) is 0 Å². The van der Waals surface area contributed by atoms with Crippen molar-refractivity contribution in [2.75, 3.05) is 0 Å². The van der Waals surface area contributed by atoms with Crippen LogP contribution in [0.3, 0.4) is 0 Å². The molecule has 3 aromatic carbocycles. The third-order valence-electron chi connectivity index (χ3n) is 4.31. The lowest BCUT2D eigenvalue weighted by Crippen LogP contribution is -2.19. The maximum absolute atomic E-state index is 12.6. The number of hydrogen-bond acceptors (Lipinski definition) is 3. The number of nitroso groups, excluding NO2 is 1. The molecule has 24 heavy (non-hydrogen) atoms. The first-order valence-electron chi connectivity index (χ1n) is 7.35. The van der Waals surface area contributed by atoms with Gasteiger partial charge >= 0.3 is 5.91 Å². The standard InChI is InChI=1S/C19H10ClNO3/c20-16-9-14-7-12-5-10-3-1-2-4-11(10)6-13(12)8-15(14)18(22)17(16)19(23)21-24/h1-8H,9H2. The number of allylic oxidation sites excluding steroid dienone is 1. The molecule has 1 aliphatic rings. The van der Waals surface area contributed by atoms with Crippen molar-refractivity contribution in [3.63, 3.8) is 0 Å². The van der Waals surface area contributed by atoms with Crippen molar-refractivity contribution >= 4 is 44.8 Å². The van der Waals surface area contributed by atoms with Crippen LogP contribution in [0, 0.1) is 4.91 Å². The molecule has 1 amide bonds. The number of fused-ring (bicyclic) bond motifs is 3. The van der Waals surface area contributed by atoms with Gasteiger partial charge in [-0.2, -0.15) is 0 Å². The largest absolute Gasteiger partial charge is 0.321 e. The number of carbonyl (C=O) groups excluding carboxylic acids is 2. The number of halogens is 1. The summed E-state index contributed by atoms with van der Waals surface area (Å²) < 4.78 is 0. The predicted octanol–water partition coefficient (Wildman–Crippen LogP) is 4.52. The molecule has 0 spiro atoms. The highest BCUT2D eigenvalue weighted by molar-refractivity contribution is 6.40. The average Bonchev–Trinajstić information content (AvgIpc) is 2.58. The molecule has 1 aliphatic carbocycles. The lowest BCUT2D eigenvalue weighted by atomic mass is 9.87. The van der Waals surface area contributed by atoms with Gasteiger partial charge in [-0.05, 0) is 45.3 Å². The van der Waals surface area contributed by atoms with Crippen LogP contribution < -0.4 is 0 Å². The number of Topliss-reactive ketones (excluding diaryl/α,β-unsaturated/α-hetero) is 1. The normalized spacial score (nSPS) is 14.1. The summed E-state index contributed by atoms with van der Waals surface area (Å²) in [6, 6.07) is 15.7. The summed E-state index contributed by atoms with van der Waals surface area (Å²) in [5.74, 6) is -1.66. The van der Waals surface area contributed by atoms with Gasteiger partial charge in [0.15, 0.2) is 5.78 Å². The van der Waals surface area contributed by atoms with E-state index >= 15 is 0 Å². The zero-order valence-electron chi connectivity index (χ0n) is 12.4. The van der Waals surface area contributed by atoms with Crippen molar-refractivity contribution in [1.29, 1.82) is 0 Å². The Morgan fingerprint density at radius 3 is 2.21 bits per heavy atom. The van der Waals surface area contributed by atoms with Gasteiger partial charge in [0.25, 0.3) is 0 Å². The van der Waals surface area contributed by atoms with E-state index in [2.05, 4.69) is 11.2 Å².